The zero-order chi connectivity index (χ0) is 32.6. The van der Waals surface area contributed by atoms with Crippen molar-refractivity contribution in [2.75, 3.05) is 53.0 Å². The number of likely N-dealkylation sites (N-methyl/N-ethyl adjacent to an activating group) is 2. The van der Waals surface area contributed by atoms with Crippen molar-refractivity contribution >= 4 is 17.6 Å². The molecule has 0 saturated carbocycles. The van der Waals surface area contributed by atoms with Gasteiger partial charge in [0.1, 0.15) is 60.0 Å². The first-order chi connectivity index (χ1) is 21.0. The van der Waals surface area contributed by atoms with E-state index in [2.05, 4.69) is 0 Å². The highest BCUT2D eigenvalue weighted by Crippen LogP contribution is 2.27. The maximum absolute atomic E-state index is 12.6. The molecule has 44 heavy (non-hydrogen) atoms. The maximum Gasteiger partial charge on any atom is 0.344 e. The number of aliphatic hydroxyl groups excluding tert-OH is 4. The fraction of sp³-hybridized carbons (Fsp3) is 0.714. The van der Waals surface area contributed by atoms with E-state index in [4.69, 9.17) is 34.2 Å². The molecule has 0 radical (unpaired) electrons. The highest BCUT2D eigenvalue weighted by atomic mass is 16.7. The van der Waals surface area contributed by atoms with Gasteiger partial charge in [0.15, 0.2) is 6.10 Å². The number of rotatable bonds is 14. The van der Waals surface area contributed by atoms with E-state index in [0.29, 0.717) is 0 Å². The van der Waals surface area contributed by atoms with Gasteiger partial charge in [0.25, 0.3) is 0 Å². The number of ether oxygens (including phenoxy) is 6. The van der Waals surface area contributed by atoms with Crippen molar-refractivity contribution < 1.29 is 74.2 Å². The van der Waals surface area contributed by atoms with E-state index in [1.807, 2.05) is 19.3 Å². The molecule has 250 valence electrons. The lowest BCUT2D eigenvalue weighted by molar-refractivity contribution is -0.688. The van der Waals surface area contributed by atoms with E-state index in [9.17, 15) is 35.1 Å². The van der Waals surface area contributed by atoms with Crippen molar-refractivity contribution in [1.29, 1.82) is 0 Å². The summed E-state index contributed by atoms with van der Waals surface area (Å²) in [5.41, 5.74) is 5.65. The van der Waals surface area contributed by atoms with Gasteiger partial charge in [-0.05, 0) is 32.0 Å². The van der Waals surface area contributed by atoms with E-state index >= 15 is 0 Å². The number of aromatic hydroxyl groups is 1. The first kappa shape index (κ1) is 35.8. The van der Waals surface area contributed by atoms with Crippen molar-refractivity contribution in [3.63, 3.8) is 0 Å². The third-order valence-electron chi connectivity index (χ3n) is 8.16. The molecule has 16 nitrogen and oxygen atoms in total. The third kappa shape index (κ3) is 8.54. The summed E-state index contributed by atoms with van der Waals surface area (Å²) in [5.74, 6) is -2.71. The topological polar surface area (TPSA) is 250 Å². The van der Waals surface area contributed by atoms with E-state index < -0.39 is 80.0 Å². The molecule has 0 spiro atoms. The second-order valence-electron chi connectivity index (χ2n) is 11.0. The monoisotopic (exact) mass is 633 g/mol. The number of esters is 2. The highest BCUT2D eigenvalue weighted by molar-refractivity contribution is 5.93. The number of aliphatic hydroxyl groups is 4. The normalized spacial score (nSPS) is 33.0. The summed E-state index contributed by atoms with van der Waals surface area (Å²) in [6, 6.07) is 3.01. The predicted octanol–water partition coefficient (Wildman–Crippen LogP) is -4.58. The predicted molar refractivity (Wildman–Crippen MR) is 150 cm³/mol. The summed E-state index contributed by atoms with van der Waals surface area (Å²) < 4.78 is 33.5. The number of hydrogen-bond acceptors (Lipinski definition) is 14. The van der Waals surface area contributed by atoms with Gasteiger partial charge in [0, 0.05) is 11.6 Å². The zero-order valence-electron chi connectivity index (χ0n) is 25.4. The second-order valence-corrected chi connectivity index (χ2v) is 11.0. The van der Waals surface area contributed by atoms with Crippen LogP contribution in [-0.2, 0) is 33.2 Å². The van der Waals surface area contributed by atoms with Gasteiger partial charge in [-0.1, -0.05) is 0 Å². The number of carbonyl (C=O) groups excluding carboxylic acids is 2. The summed E-state index contributed by atoms with van der Waals surface area (Å²) in [6.45, 7) is 1.67. The Bertz CT molecular complexity index is 1080. The average Bonchev–Trinajstić information content (AvgIpc) is 3.00. The van der Waals surface area contributed by atoms with Crippen LogP contribution in [0.15, 0.2) is 18.2 Å². The molecule has 16 heteroatoms. The van der Waals surface area contributed by atoms with Crippen LogP contribution in [0.2, 0.25) is 0 Å². The Morgan fingerprint density at radius 3 is 2.30 bits per heavy atom. The molecule has 3 rings (SSSR count). The Balaban J connectivity index is 1.58. The lowest BCUT2D eigenvalue weighted by atomic mass is 9.86. The van der Waals surface area contributed by atoms with Gasteiger partial charge in [-0.3, -0.25) is 0 Å². The molecule has 1 aromatic rings. The molecule has 0 aromatic heterocycles. The lowest BCUT2D eigenvalue weighted by Crippen LogP contribution is -2.94. The van der Waals surface area contributed by atoms with Crippen LogP contribution in [0, 0.1) is 5.92 Å². The summed E-state index contributed by atoms with van der Waals surface area (Å²) in [7, 11) is 3.56. The number of nitrogen functional groups attached to an aromatic ring is 1. The highest BCUT2D eigenvalue weighted by Gasteiger charge is 2.50. The summed E-state index contributed by atoms with van der Waals surface area (Å²) in [4.78, 5) is 24.9. The standard InChI is InChI=1S/C28H45N3O13/c1-13-22(30-3)24(35)17(19(8-32)42-13)10-39-11-21-23(31-4)26(25(36)20(9-33)44-21)43-14(2)27(37)40-12-41-28(38)16-7-15(29)5-6-18(16)34/h5-7,13-14,17,19-26,30-36H,8-12,29H2,1-4H3/p+2/t13-,14?,17-,19?,20?,21-,22?,23?,24-,25-,26+/m0/s1. The van der Waals surface area contributed by atoms with E-state index in [1.54, 1.807) is 12.4 Å². The molecule has 0 aliphatic carbocycles. The fourth-order valence-corrected chi connectivity index (χ4v) is 5.69. The van der Waals surface area contributed by atoms with Crippen molar-refractivity contribution in [3.05, 3.63) is 23.8 Å². The first-order valence-corrected chi connectivity index (χ1v) is 14.6. The number of carbonyl (C=O) groups is 2. The van der Waals surface area contributed by atoms with Crippen LogP contribution in [0.1, 0.15) is 24.2 Å². The molecule has 1 aromatic carbocycles. The third-order valence-corrected chi connectivity index (χ3v) is 8.16. The van der Waals surface area contributed by atoms with E-state index in [0.717, 1.165) is 0 Å². The molecular weight excluding hydrogens is 586 g/mol. The van der Waals surface area contributed by atoms with Crippen molar-refractivity contribution in [3.8, 4) is 5.75 Å². The van der Waals surface area contributed by atoms with Crippen molar-refractivity contribution in [1.82, 2.24) is 0 Å². The molecule has 2 saturated heterocycles. The minimum atomic E-state index is -1.31. The molecule has 5 unspecified atom stereocenters. The molecule has 2 aliphatic heterocycles. The molecule has 0 amide bonds. The van der Waals surface area contributed by atoms with Crippen LogP contribution in [-0.4, -0.2) is 146 Å². The second kappa shape index (κ2) is 16.6. The Morgan fingerprint density at radius 1 is 0.977 bits per heavy atom. The Morgan fingerprint density at radius 2 is 1.66 bits per heavy atom. The minimum absolute atomic E-state index is 0.0128. The van der Waals surface area contributed by atoms with Gasteiger partial charge in [0.2, 0.25) is 6.79 Å². The smallest absolute Gasteiger partial charge is 0.344 e. The SMILES string of the molecule is C[NH2+]C1[C@H](C)OC(CO)[C@H](COC[C@@H]2OC(CO)[C@H](O)[C@H](OC(C)C(=O)OCOC(=O)c3cc(N)ccc3O)C2[NH2+]C)[C@@H]1O. The number of anilines is 1. The van der Waals surface area contributed by atoms with Gasteiger partial charge >= 0.3 is 11.9 Å². The Labute approximate surface area is 255 Å². The molecule has 2 aliphatic rings. The minimum Gasteiger partial charge on any atom is -0.507 e. The van der Waals surface area contributed by atoms with Gasteiger partial charge < -0.3 is 70.3 Å². The Kier molecular flexibility index (Phi) is 13.5. The van der Waals surface area contributed by atoms with Crippen molar-refractivity contribution in [2.45, 2.75) is 74.8 Å². The van der Waals surface area contributed by atoms with E-state index in [1.165, 1.54) is 25.1 Å². The number of phenols is 1. The number of nitrogens with two attached hydrogens (primary N) is 3. The average molecular weight is 634 g/mol. The molecule has 0 bridgehead atoms. The zero-order valence-corrected chi connectivity index (χ0v) is 25.4. The fourth-order valence-electron chi connectivity index (χ4n) is 5.69. The summed E-state index contributed by atoms with van der Waals surface area (Å²) >= 11 is 0. The van der Waals surface area contributed by atoms with Crippen LogP contribution >= 0.6 is 0 Å². The van der Waals surface area contributed by atoms with Gasteiger partial charge in [-0.15, -0.1) is 0 Å². The largest absolute Gasteiger partial charge is 0.507 e. The first-order valence-electron chi connectivity index (χ1n) is 14.6. The number of hydrogen-bond donors (Lipinski definition) is 8. The number of benzene rings is 1. The summed E-state index contributed by atoms with van der Waals surface area (Å²) in [5, 5.41) is 54.9. The molecule has 2 heterocycles. The van der Waals surface area contributed by atoms with Gasteiger partial charge in [0.05, 0.1) is 46.6 Å². The summed E-state index contributed by atoms with van der Waals surface area (Å²) in [6.07, 6.45) is -6.99. The number of phenolic OH excluding ortho intramolecular Hbond substituents is 1. The Hall–Kier alpha value is -2.64. The van der Waals surface area contributed by atoms with Crippen LogP contribution in [0.3, 0.4) is 0 Å². The van der Waals surface area contributed by atoms with Crippen molar-refractivity contribution in [2.24, 2.45) is 5.92 Å². The maximum atomic E-state index is 12.6. The van der Waals surface area contributed by atoms with Crippen LogP contribution in [0.25, 0.3) is 0 Å². The quantitative estimate of drug-likeness (QED) is 0.0416. The molecular formula is C28H47N3O13+2. The molecule has 11 N–H and O–H groups in total. The van der Waals surface area contributed by atoms with Gasteiger partial charge in [-0.25, -0.2) is 9.59 Å². The van der Waals surface area contributed by atoms with Gasteiger partial charge in [-0.2, -0.15) is 0 Å². The van der Waals surface area contributed by atoms with Crippen LogP contribution < -0.4 is 16.4 Å². The van der Waals surface area contributed by atoms with Crippen LogP contribution in [0.5, 0.6) is 5.75 Å². The van der Waals surface area contributed by atoms with E-state index in [-0.39, 0.29) is 49.0 Å². The molecule has 2 fully saturated rings. The lowest BCUT2D eigenvalue weighted by Gasteiger charge is -2.43. The molecule has 11 atom stereocenters. The number of quaternary nitrogens is 2. The van der Waals surface area contributed by atoms with Crippen LogP contribution in [0.4, 0.5) is 5.69 Å².